The van der Waals surface area contributed by atoms with Crippen LogP contribution in [0.3, 0.4) is 0 Å². The van der Waals surface area contributed by atoms with Crippen molar-refractivity contribution in [2.45, 2.75) is 31.4 Å². The smallest absolute Gasteiger partial charge is 0.1000 e. The van der Waals surface area contributed by atoms with Gasteiger partial charge in [0.1, 0.15) is 0 Å². The van der Waals surface area contributed by atoms with Crippen LogP contribution in [0.25, 0.3) is 11.3 Å². The van der Waals surface area contributed by atoms with Crippen LogP contribution in [-0.4, -0.2) is 14.7 Å². The van der Waals surface area contributed by atoms with Crippen molar-refractivity contribution in [2.24, 2.45) is 0 Å². The van der Waals surface area contributed by atoms with Gasteiger partial charge < -0.3 is 9.67 Å². The van der Waals surface area contributed by atoms with Crippen molar-refractivity contribution in [2.75, 3.05) is 0 Å². The number of hydrogen-bond acceptors (Lipinski definition) is 2. The maximum Gasteiger partial charge on any atom is 0.1000 e. The first-order chi connectivity index (χ1) is 11.3. The molecule has 1 aliphatic rings. The second-order valence-electron chi connectivity index (χ2n) is 6.18. The Hall–Kier alpha value is -2.39. The molecule has 3 aromatic rings. The number of nitrogens with zero attached hydrogens (tertiary/aromatic N) is 2. The van der Waals surface area contributed by atoms with Crippen LogP contribution < -0.4 is 0 Å². The molecule has 116 valence electrons. The lowest BCUT2D eigenvalue weighted by Gasteiger charge is -2.23. The first-order valence-corrected chi connectivity index (χ1v) is 8.18. The van der Waals surface area contributed by atoms with Crippen molar-refractivity contribution < 1.29 is 5.11 Å². The highest BCUT2D eigenvalue weighted by Crippen LogP contribution is 2.36. The van der Waals surface area contributed by atoms with Gasteiger partial charge in [-0.3, -0.25) is 0 Å². The Morgan fingerprint density at radius 2 is 1.78 bits per heavy atom. The molecule has 1 aromatic heterocycles. The van der Waals surface area contributed by atoms with Crippen molar-refractivity contribution >= 4 is 0 Å². The van der Waals surface area contributed by atoms with Crippen LogP contribution in [0.4, 0.5) is 0 Å². The molecule has 1 heterocycles. The van der Waals surface area contributed by atoms with Gasteiger partial charge >= 0.3 is 0 Å². The van der Waals surface area contributed by atoms with Crippen LogP contribution in [-0.2, 0) is 6.42 Å². The van der Waals surface area contributed by atoms with E-state index in [2.05, 4.69) is 40.0 Å². The molecule has 3 heteroatoms. The summed E-state index contributed by atoms with van der Waals surface area (Å²) >= 11 is 0. The van der Waals surface area contributed by atoms with E-state index in [-0.39, 0.29) is 6.04 Å². The molecular weight excluding hydrogens is 284 g/mol. The molecule has 2 atom stereocenters. The largest absolute Gasteiger partial charge is 0.386 e. The Bertz CT molecular complexity index is 794. The van der Waals surface area contributed by atoms with E-state index in [1.807, 2.05) is 36.7 Å². The third-order valence-corrected chi connectivity index (χ3v) is 4.74. The molecule has 0 spiro atoms. The predicted octanol–water partition coefficient (Wildman–Crippen LogP) is 4.16. The Labute approximate surface area is 136 Å². The molecule has 0 unspecified atom stereocenters. The van der Waals surface area contributed by atoms with E-state index in [0.717, 1.165) is 36.1 Å². The lowest BCUT2D eigenvalue weighted by molar-refractivity contribution is 0.110. The summed E-state index contributed by atoms with van der Waals surface area (Å²) in [5.74, 6) is 0. The number of aryl methyl sites for hydroxylation is 1. The summed E-state index contributed by atoms with van der Waals surface area (Å²) in [7, 11) is 0. The summed E-state index contributed by atoms with van der Waals surface area (Å²) in [4.78, 5) is 4.53. The lowest BCUT2D eigenvalue weighted by Crippen LogP contribution is -2.16. The van der Waals surface area contributed by atoms with E-state index >= 15 is 0 Å². The van der Waals surface area contributed by atoms with Gasteiger partial charge in [0.15, 0.2) is 0 Å². The van der Waals surface area contributed by atoms with Gasteiger partial charge in [-0.25, -0.2) is 4.98 Å². The maximum absolute atomic E-state index is 10.9. The number of hydrogen-bond donors (Lipinski definition) is 1. The topological polar surface area (TPSA) is 38.0 Å². The van der Waals surface area contributed by atoms with Gasteiger partial charge in [-0.15, -0.1) is 0 Å². The molecule has 0 radical (unpaired) electrons. The average Bonchev–Trinajstić information content (AvgIpc) is 3.03. The summed E-state index contributed by atoms with van der Waals surface area (Å²) in [5.41, 5.74) is 4.39. The summed E-state index contributed by atoms with van der Waals surface area (Å²) in [6.07, 6.45) is 6.50. The van der Waals surface area contributed by atoms with E-state index in [1.165, 1.54) is 5.56 Å². The van der Waals surface area contributed by atoms with Crippen molar-refractivity contribution in [1.82, 2.24) is 9.55 Å². The van der Waals surface area contributed by atoms with Gasteiger partial charge in [0, 0.05) is 11.8 Å². The van der Waals surface area contributed by atoms with E-state index in [0.29, 0.717) is 0 Å². The van der Waals surface area contributed by atoms with E-state index in [1.54, 1.807) is 0 Å². The number of aromatic nitrogens is 2. The van der Waals surface area contributed by atoms with Gasteiger partial charge in [0.25, 0.3) is 0 Å². The van der Waals surface area contributed by atoms with Gasteiger partial charge in [0.2, 0.25) is 0 Å². The third-order valence-electron chi connectivity index (χ3n) is 4.74. The summed E-state index contributed by atoms with van der Waals surface area (Å²) in [6, 6.07) is 18.4. The zero-order valence-corrected chi connectivity index (χ0v) is 13.0. The zero-order chi connectivity index (χ0) is 15.6. The zero-order valence-electron chi connectivity index (χ0n) is 13.0. The number of benzene rings is 2. The number of fused-ring (bicyclic) bond motifs is 1. The molecule has 0 aliphatic heterocycles. The van der Waals surface area contributed by atoms with Crippen LogP contribution in [0.1, 0.15) is 36.1 Å². The van der Waals surface area contributed by atoms with Crippen molar-refractivity contribution in [3.63, 3.8) is 0 Å². The molecule has 0 saturated carbocycles. The first kappa shape index (κ1) is 14.2. The Morgan fingerprint density at radius 1 is 1.00 bits per heavy atom. The normalized spacial score (nSPS) is 20.7. The summed E-state index contributed by atoms with van der Waals surface area (Å²) < 4.78 is 2.08. The Kier molecular flexibility index (Phi) is 3.72. The molecule has 2 aromatic carbocycles. The predicted molar refractivity (Wildman–Crippen MR) is 91.0 cm³/mol. The molecule has 0 amide bonds. The number of aliphatic hydroxyl groups is 1. The SMILES string of the molecule is O[C@H]1c2ccccc2CCC[C@H]1n1cnc(-c2ccccc2)c1. The minimum Gasteiger partial charge on any atom is -0.386 e. The minimum atomic E-state index is -0.480. The van der Waals surface area contributed by atoms with Crippen LogP contribution in [0.5, 0.6) is 0 Å². The number of aliphatic hydroxyl groups excluding tert-OH is 1. The lowest BCUT2D eigenvalue weighted by atomic mass is 9.99. The maximum atomic E-state index is 10.9. The third kappa shape index (κ3) is 2.68. The molecule has 1 N–H and O–H groups in total. The molecule has 0 bridgehead atoms. The summed E-state index contributed by atoms with van der Waals surface area (Å²) in [6.45, 7) is 0. The van der Waals surface area contributed by atoms with E-state index in [9.17, 15) is 5.11 Å². The van der Waals surface area contributed by atoms with E-state index in [4.69, 9.17) is 0 Å². The molecule has 4 rings (SSSR count). The standard InChI is InChI=1S/C20H20N2O/c23-20-17-11-5-4-7-15(17)10-6-12-19(20)22-13-18(21-14-22)16-8-2-1-3-9-16/h1-5,7-9,11,13-14,19-20,23H,6,10,12H2/t19-,20+/m1/s1. The Morgan fingerprint density at radius 3 is 2.65 bits per heavy atom. The highest BCUT2D eigenvalue weighted by molar-refractivity contribution is 5.57. The second kappa shape index (κ2) is 6.01. The van der Waals surface area contributed by atoms with Gasteiger partial charge in [-0.1, -0.05) is 54.6 Å². The highest BCUT2D eigenvalue weighted by atomic mass is 16.3. The van der Waals surface area contributed by atoms with Gasteiger partial charge in [-0.2, -0.15) is 0 Å². The first-order valence-electron chi connectivity index (χ1n) is 8.18. The quantitative estimate of drug-likeness (QED) is 0.722. The fourth-order valence-corrected chi connectivity index (χ4v) is 3.51. The van der Waals surface area contributed by atoms with Gasteiger partial charge in [0.05, 0.1) is 24.2 Å². The van der Waals surface area contributed by atoms with Crippen LogP contribution >= 0.6 is 0 Å². The Balaban J connectivity index is 1.67. The summed E-state index contributed by atoms with van der Waals surface area (Å²) in [5, 5.41) is 10.9. The monoisotopic (exact) mass is 304 g/mol. The minimum absolute atomic E-state index is 0.0450. The fraction of sp³-hybridized carbons (Fsp3) is 0.250. The van der Waals surface area contributed by atoms with Crippen molar-refractivity contribution in [3.05, 3.63) is 78.2 Å². The van der Waals surface area contributed by atoms with Gasteiger partial charge in [-0.05, 0) is 30.4 Å². The average molecular weight is 304 g/mol. The molecule has 0 saturated heterocycles. The molecule has 1 aliphatic carbocycles. The molecule has 23 heavy (non-hydrogen) atoms. The number of imidazole rings is 1. The molecule has 3 nitrogen and oxygen atoms in total. The van der Waals surface area contributed by atoms with E-state index < -0.39 is 6.10 Å². The second-order valence-corrected chi connectivity index (χ2v) is 6.18. The number of rotatable bonds is 2. The van der Waals surface area contributed by atoms with Crippen LogP contribution in [0.15, 0.2) is 67.1 Å². The molecule has 0 fully saturated rings. The van der Waals surface area contributed by atoms with Crippen molar-refractivity contribution in [1.29, 1.82) is 0 Å². The molecular formula is C20H20N2O. The van der Waals surface area contributed by atoms with Crippen molar-refractivity contribution in [3.8, 4) is 11.3 Å². The van der Waals surface area contributed by atoms with Crippen LogP contribution in [0.2, 0.25) is 0 Å². The fourth-order valence-electron chi connectivity index (χ4n) is 3.51. The van der Waals surface area contributed by atoms with Crippen LogP contribution in [0, 0.1) is 0 Å². The highest BCUT2D eigenvalue weighted by Gasteiger charge is 2.27.